The van der Waals surface area contributed by atoms with Crippen molar-refractivity contribution in [1.82, 2.24) is 26.1 Å². The van der Waals surface area contributed by atoms with E-state index < -0.39 is 54.0 Å². The summed E-state index contributed by atoms with van der Waals surface area (Å²) in [7, 11) is 1.53. The molecule has 3 heterocycles. The van der Waals surface area contributed by atoms with Gasteiger partial charge in [0.1, 0.15) is 24.2 Å². The predicted molar refractivity (Wildman–Crippen MR) is 157 cm³/mol. The summed E-state index contributed by atoms with van der Waals surface area (Å²) in [5.74, 6) is -2.67. The highest BCUT2D eigenvalue weighted by molar-refractivity contribution is 5.93. The molecule has 3 amide bonds. The number of esters is 1. The summed E-state index contributed by atoms with van der Waals surface area (Å²) in [6.07, 6.45) is 3.57. The summed E-state index contributed by atoms with van der Waals surface area (Å²) in [6.45, 7) is 9.15. The van der Waals surface area contributed by atoms with Gasteiger partial charge in [0.25, 0.3) is 5.91 Å². The van der Waals surface area contributed by atoms with Gasteiger partial charge < -0.3 is 20.1 Å². The summed E-state index contributed by atoms with van der Waals surface area (Å²) in [6, 6.07) is 7.00. The Labute approximate surface area is 246 Å². The van der Waals surface area contributed by atoms with Gasteiger partial charge in [-0.3, -0.25) is 24.2 Å². The molecule has 2 aliphatic rings. The standard InChI is InChI=1S/C31H41N5O6/c1-17(2)27-29(38)32-18(3)30(39)36-15-7-8-25(35-36)31(40)42-20(5)24-14-12-22-11-9-21(16-26(22)33-24)10-13-23(19(4)41-6)28(37)34-27/h9-14,16-20,23,25,27,35H,7-8,15H2,1-6H3,(H,32,38)(H,34,37)/b13-10+/t18-,19-,20+,23+,25-,27-/m0/s1. The number of methoxy groups -OCH3 is 1. The number of nitrogens with zero attached hydrogens (tertiary/aromatic N) is 2. The maximum absolute atomic E-state index is 13.5. The Bertz CT molecular complexity index is 1360. The van der Waals surface area contributed by atoms with E-state index >= 15 is 0 Å². The number of pyridine rings is 1. The summed E-state index contributed by atoms with van der Waals surface area (Å²) in [4.78, 5) is 57.9. The van der Waals surface area contributed by atoms with Gasteiger partial charge in [0.15, 0.2) is 0 Å². The van der Waals surface area contributed by atoms with Crippen LogP contribution in [0.1, 0.15) is 64.8 Å². The first-order valence-corrected chi connectivity index (χ1v) is 14.5. The molecule has 226 valence electrons. The highest BCUT2D eigenvalue weighted by atomic mass is 16.5. The van der Waals surface area contributed by atoms with Crippen LogP contribution < -0.4 is 16.1 Å². The normalized spacial score (nSPS) is 27.8. The zero-order valence-corrected chi connectivity index (χ0v) is 25.0. The molecular formula is C31H41N5O6. The van der Waals surface area contributed by atoms with Crippen LogP contribution in [-0.4, -0.2) is 71.6 Å². The maximum atomic E-state index is 13.5. The van der Waals surface area contributed by atoms with E-state index in [1.54, 1.807) is 26.8 Å². The molecule has 11 heteroatoms. The quantitative estimate of drug-likeness (QED) is 0.472. The van der Waals surface area contributed by atoms with Crippen molar-refractivity contribution in [2.75, 3.05) is 13.7 Å². The number of benzene rings is 1. The number of aromatic nitrogens is 1. The zero-order chi connectivity index (χ0) is 30.6. The molecule has 1 fully saturated rings. The van der Waals surface area contributed by atoms with Crippen LogP contribution in [0.2, 0.25) is 0 Å². The third-order valence-corrected chi connectivity index (χ3v) is 7.84. The topological polar surface area (TPSA) is 139 Å². The van der Waals surface area contributed by atoms with Gasteiger partial charge in [-0.15, -0.1) is 0 Å². The van der Waals surface area contributed by atoms with E-state index in [0.717, 1.165) is 10.9 Å². The molecule has 4 rings (SSSR count). The fraction of sp³-hybridized carbons (Fsp3) is 0.516. The number of fused-ring (bicyclic) bond motifs is 4. The lowest BCUT2D eigenvalue weighted by Crippen LogP contribution is -2.61. The molecule has 1 aromatic carbocycles. The Balaban J connectivity index is 1.72. The second kappa shape index (κ2) is 13.4. The molecule has 2 aliphatic heterocycles. The van der Waals surface area contributed by atoms with Crippen LogP contribution in [0, 0.1) is 11.8 Å². The third-order valence-electron chi connectivity index (χ3n) is 7.84. The fourth-order valence-electron chi connectivity index (χ4n) is 5.11. The van der Waals surface area contributed by atoms with Gasteiger partial charge in [0.05, 0.1) is 23.2 Å². The summed E-state index contributed by atoms with van der Waals surface area (Å²) < 4.78 is 11.3. The molecule has 0 unspecified atom stereocenters. The van der Waals surface area contributed by atoms with Crippen molar-refractivity contribution in [1.29, 1.82) is 0 Å². The van der Waals surface area contributed by atoms with Crippen molar-refractivity contribution in [2.45, 2.75) is 77.8 Å². The van der Waals surface area contributed by atoms with Crippen LogP contribution in [0.25, 0.3) is 17.0 Å². The minimum Gasteiger partial charge on any atom is -0.455 e. The van der Waals surface area contributed by atoms with Crippen molar-refractivity contribution in [3.63, 3.8) is 0 Å². The molecule has 0 spiro atoms. The second-order valence-corrected chi connectivity index (χ2v) is 11.4. The second-order valence-electron chi connectivity index (χ2n) is 11.4. The van der Waals surface area contributed by atoms with Crippen LogP contribution >= 0.6 is 0 Å². The van der Waals surface area contributed by atoms with Gasteiger partial charge >= 0.3 is 5.97 Å². The number of rotatable bonds is 3. The monoisotopic (exact) mass is 579 g/mol. The molecule has 11 nitrogen and oxygen atoms in total. The van der Waals surface area contributed by atoms with E-state index in [9.17, 15) is 19.2 Å². The Morgan fingerprint density at radius 2 is 1.76 bits per heavy atom. The van der Waals surface area contributed by atoms with Gasteiger partial charge in [0.2, 0.25) is 11.8 Å². The molecule has 0 saturated carbocycles. The minimum atomic E-state index is -0.901. The lowest BCUT2D eigenvalue weighted by atomic mass is 9.97. The van der Waals surface area contributed by atoms with E-state index in [-0.39, 0.29) is 11.8 Å². The first-order valence-electron chi connectivity index (χ1n) is 14.5. The van der Waals surface area contributed by atoms with Gasteiger partial charge in [-0.2, -0.15) is 0 Å². The lowest BCUT2D eigenvalue weighted by Gasteiger charge is -2.35. The Kier molecular flexibility index (Phi) is 9.95. The van der Waals surface area contributed by atoms with Crippen LogP contribution in [0.5, 0.6) is 0 Å². The summed E-state index contributed by atoms with van der Waals surface area (Å²) in [5.41, 5.74) is 5.09. The fourth-order valence-corrected chi connectivity index (χ4v) is 5.11. The number of ether oxygens (including phenoxy) is 2. The number of nitrogens with one attached hydrogen (secondary N) is 3. The molecule has 42 heavy (non-hydrogen) atoms. The van der Waals surface area contributed by atoms with E-state index in [4.69, 9.17) is 14.5 Å². The van der Waals surface area contributed by atoms with E-state index in [2.05, 4.69) is 16.1 Å². The largest absolute Gasteiger partial charge is 0.455 e. The number of hydrazine groups is 1. The van der Waals surface area contributed by atoms with Crippen molar-refractivity contribution < 1.29 is 28.7 Å². The smallest absolute Gasteiger partial charge is 0.325 e. The number of amides is 3. The zero-order valence-electron chi connectivity index (χ0n) is 25.0. The molecule has 0 aliphatic carbocycles. The van der Waals surface area contributed by atoms with Gasteiger partial charge in [-0.05, 0) is 57.2 Å². The Morgan fingerprint density at radius 1 is 1.02 bits per heavy atom. The summed E-state index contributed by atoms with van der Waals surface area (Å²) >= 11 is 0. The van der Waals surface area contributed by atoms with E-state index in [0.29, 0.717) is 30.6 Å². The van der Waals surface area contributed by atoms with Gasteiger partial charge in [0, 0.05) is 19.0 Å². The highest BCUT2D eigenvalue weighted by Gasteiger charge is 2.35. The van der Waals surface area contributed by atoms with Gasteiger partial charge in [-0.1, -0.05) is 44.2 Å². The van der Waals surface area contributed by atoms with Crippen LogP contribution in [0.3, 0.4) is 0 Å². The predicted octanol–water partition coefficient (Wildman–Crippen LogP) is 2.66. The van der Waals surface area contributed by atoms with Crippen LogP contribution in [-0.2, 0) is 28.7 Å². The van der Waals surface area contributed by atoms with Crippen molar-refractivity contribution in [3.05, 3.63) is 47.7 Å². The molecule has 3 N–H and O–H groups in total. The molecule has 2 aromatic rings. The van der Waals surface area contributed by atoms with Crippen molar-refractivity contribution >= 4 is 40.7 Å². The van der Waals surface area contributed by atoms with Crippen molar-refractivity contribution in [3.8, 4) is 0 Å². The average molecular weight is 580 g/mol. The van der Waals surface area contributed by atoms with Gasteiger partial charge in [-0.25, -0.2) is 10.4 Å². The number of hydrogen-bond acceptors (Lipinski definition) is 8. The summed E-state index contributed by atoms with van der Waals surface area (Å²) in [5, 5.41) is 7.88. The van der Waals surface area contributed by atoms with E-state index in [1.807, 2.05) is 50.3 Å². The highest BCUT2D eigenvalue weighted by Crippen LogP contribution is 2.23. The molecule has 1 aromatic heterocycles. The Morgan fingerprint density at radius 3 is 2.48 bits per heavy atom. The van der Waals surface area contributed by atoms with E-state index in [1.165, 1.54) is 12.1 Å². The lowest BCUT2D eigenvalue weighted by molar-refractivity contribution is -0.157. The number of carbonyl (C=O) groups is 4. The molecule has 0 radical (unpaired) electrons. The first kappa shape index (κ1) is 31.1. The molecular weight excluding hydrogens is 538 g/mol. The first-order chi connectivity index (χ1) is 20.0. The number of cyclic esters (lactones) is 1. The molecule has 5 bridgehead atoms. The minimum absolute atomic E-state index is 0.254. The molecule has 6 atom stereocenters. The average Bonchev–Trinajstić information content (AvgIpc) is 2.98. The third kappa shape index (κ3) is 7.14. The molecule has 1 saturated heterocycles. The maximum Gasteiger partial charge on any atom is 0.325 e. The Hall–Kier alpha value is -3.83. The van der Waals surface area contributed by atoms with Crippen LogP contribution in [0.15, 0.2) is 36.4 Å². The SMILES string of the molecule is CO[C@@H](C)[C@H]1/C=C/c2ccc3ccc(nc3c2)[C@@H](C)OC(=O)[C@@H]2CCCN(N2)C(=O)[C@H](C)NC(=O)[C@H](C(C)C)NC1=O. The van der Waals surface area contributed by atoms with Crippen LogP contribution in [0.4, 0.5) is 0 Å². The number of carbonyl (C=O) groups excluding carboxylic acids is 4. The van der Waals surface area contributed by atoms with Crippen molar-refractivity contribution in [2.24, 2.45) is 11.8 Å². The number of hydrogen-bond donors (Lipinski definition) is 3.